The number of hydrogen-bond donors (Lipinski definition) is 3. The van der Waals surface area contributed by atoms with Crippen LogP contribution in [0.1, 0.15) is 178 Å². The first-order chi connectivity index (χ1) is 34.8. The molecular formula is C68H112O3. The Hall–Kier alpha value is -6.06. The molecule has 0 atom stereocenters. The number of rotatable bonds is 2. The third-order valence-corrected chi connectivity index (χ3v) is 6.03. The van der Waals surface area contributed by atoms with E-state index in [0.29, 0.717) is 17.2 Å². The average molecular weight is 978 g/mol. The Morgan fingerprint density at radius 1 is 0.183 bits per heavy atom. The zero-order valence-corrected chi connectivity index (χ0v) is 49.9. The standard InChI is InChI=1S/2C12H10.3C6H6O.4C3H8.7C2H6/c2*1-3-7-11(8-4-1)12-9-5-2-6-10-12;3*7-6-4-2-1-3-5-6;4*1-3-2;7*1-2/h2*1-10H;3*1-5,7H;4*3H2,1-2H3;7*1-2H3. The molecule has 7 rings (SSSR count). The molecule has 0 spiro atoms. The van der Waals surface area contributed by atoms with Gasteiger partial charge in [-0.25, -0.2) is 0 Å². The molecule has 0 bridgehead atoms. The van der Waals surface area contributed by atoms with Crippen molar-refractivity contribution in [2.75, 3.05) is 0 Å². The predicted octanol–water partition coefficient (Wildman–Crippen LogP) is 23.7. The first kappa shape index (κ1) is 84.8. The van der Waals surface area contributed by atoms with Crippen LogP contribution in [0.2, 0.25) is 0 Å². The van der Waals surface area contributed by atoms with E-state index in [2.05, 4.69) is 152 Å². The Morgan fingerprint density at radius 3 is 0.338 bits per heavy atom. The summed E-state index contributed by atoms with van der Waals surface area (Å²) in [4.78, 5) is 0. The van der Waals surface area contributed by atoms with E-state index in [4.69, 9.17) is 15.3 Å². The van der Waals surface area contributed by atoms with Crippen molar-refractivity contribution >= 4 is 0 Å². The molecule has 0 aliphatic carbocycles. The molecule has 7 aromatic carbocycles. The molecule has 0 aliphatic rings. The molecule has 0 fully saturated rings. The van der Waals surface area contributed by atoms with Gasteiger partial charge in [0.15, 0.2) is 0 Å². The van der Waals surface area contributed by atoms with E-state index in [-0.39, 0.29) is 0 Å². The summed E-state index contributed by atoms with van der Waals surface area (Å²) in [6.07, 6.45) is 5.00. The summed E-state index contributed by atoms with van der Waals surface area (Å²) in [7, 11) is 0. The summed E-state index contributed by atoms with van der Waals surface area (Å²) in [5.74, 6) is 0.965. The summed E-state index contributed by atoms with van der Waals surface area (Å²) in [6, 6.07) is 67.7. The van der Waals surface area contributed by atoms with Crippen molar-refractivity contribution in [3.8, 4) is 39.5 Å². The van der Waals surface area contributed by atoms with E-state index in [9.17, 15) is 0 Å². The molecule has 0 radical (unpaired) electrons. The van der Waals surface area contributed by atoms with E-state index < -0.39 is 0 Å². The van der Waals surface area contributed by atoms with Crippen LogP contribution in [-0.4, -0.2) is 15.3 Å². The molecule has 3 heteroatoms. The van der Waals surface area contributed by atoms with Gasteiger partial charge in [-0.15, -0.1) is 0 Å². The molecule has 0 aliphatic heterocycles. The minimum absolute atomic E-state index is 0.322. The zero-order chi connectivity index (χ0) is 56.6. The molecule has 0 saturated heterocycles. The van der Waals surface area contributed by atoms with Crippen molar-refractivity contribution in [3.05, 3.63) is 212 Å². The molecule has 0 heterocycles. The highest BCUT2D eigenvalue weighted by atomic mass is 16.3. The Kier molecular flexibility index (Phi) is 104. The third-order valence-electron chi connectivity index (χ3n) is 6.03. The summed E-state index contributed by atoms with van der Waals surface area (Å²) in [5.41, 5.74) is 5.10. The highest BCUT2D eigenvalue weighted by Gasteiger charge is 1.93. The van der Waals surface area contributed by atoms with E-state index in [1.807, 2.05) is 139 Å². The number of hydrogen-bond acceptors (Lipinski definition) is 3. The van der Waals surface area contributed by atoms with Crippen LogP contribution >= 0.6 is 0 Å². The SMILES string of the molecule is CC.CC.CC.CC.CC.CC.CC.CCC.CCC.CCC.CCC.Oc1ccccc1.Oc1ccccc1.Oc1ccccc1.c1ccc(-c2ccccc2)cc1.c1ccc(-c2ccccc2)cc1. The van der Waals surface area contributed by atoms with E-state index in [1.165, 1.54) is 47.9 Å². The second kappa shape index (κ2) is 87.1. The quantitative estimate of drug-likeness (QED) is 0.162. The molecule has 0 aromatic heterocycles. The van der Waals surface area contributed by atoms with Gasteiger partial charge in [0, 0.05) is 0 Å². The number of benzene rings is 7. The summed E-state index contributed by atoms with van der Waals surface area (Å²) >= 11 is 0. The summed E-state index contributed by atoms with van der Waals surface area (Å²) in [6.45, 7) is 45.0. The van der Waals surface area contributed by atoms with E-state index in [1.54, 1.807) is 72.8 Å². The van der Waals surface area contributed by atoms with Crippen molar-refractivity contribution in [2.45, 2.75) is 178 Å². The fourth-order valence-corrected chi connectivity index (χ4v) is 3.81. The van der Waals surface area contributed by atoms with Crippen LogP contribution in [0.25, 0.3) is 22.3 Å². The van der Waals surface area contributed by atoms with Crippen LogP contribution in [-0.2, 0) is 0 Å². The lowest BCUT2D eigenvalue weighted by Gasteiger charge is -1.98. The maximum atomic E-state index is 8.63. The highest BCUT2D eigenvalue weighted by Crippen LogP contribution is 2.18. The van der Waals surface area contributed by atoms with E-state index >= 15 is 0 Å². The molecular weight excluding hydrogens is 865 g/mol. The second-order valence-corrected chi connectivity index (χ2v) is 12.3. The summed E-state index contributed by atoms with van der Waals surface area (Å²) < 4.78 is 0. The fourth-order valence-electron chi connectivity index (χ4n) is 3.81. The Labute approximate surface area is 443 Å². The van der Waals surface area contributed by atoms with Crippen molar-refractivity contribution in [1.29, 1.82) is 0 Å². The first-order valence-corrected chi connectivity index (χ1v) is 27.2. The van der Waals surface area contributed by atoms with Gasteiger partial charge in [-0.3, -0.25) is 0 Å². The van der Waals surface area contributed by atoms with Crippen molar-refractivity contribution in [3.63, 3.8) is 0 Å². The van der Waals surface area contributed by atoms with Gasteiger partial charge in [0.05, 0.1) is 0 Å². The molecule has 0 saturated carbocycles. The summed E-state index contributed by atoms with van der Waals surface area (Å²) in [5, 5.41) is 25.9. The fraction of sp³-hybridized carbons (Fsp3) is 0.382. The van der Waals surface area contributed by atoms with Crippen LogP contribution in [0.3, 0.4) is 0 Å². The van der Waals surface area contributed by atoms with Crippen LogP contribution < -0.4 is 0 Å². The molecule has 7 aromatic rings. The highest BCUT2D eigenvalue weighted by molar-refractivity contribution is 5.63. The predicted molar refractivity (Wildman–Crippen MR) is 331 cm³/mol. The Balaban J connectivity index is -0.0000000875. The molecule has 0 unspecified atom stereocenters. The smallest absolute Gasteiger partial charge is 0.115 e. The van der Waals surface area contributed by atoms with Gasteiger partial charge in [-0.05, 0) is 58.7 Å². The third kappa shape index (κ3) is 73.1. The number of para-hydroxylation sites is 3. The van der Waals surface area contributed by atoms with Gasteiger partial charge in [-0.1, -0.05) is 354 Å². The number of aromatic hydroxyl groups is 3. The van der Waals surface area contributed by atoms with Crippen LogP contribution in [0, 0.1) is 0 Å². The van der Waals surface area contributed by atoms with Crippen LogP contribution in [0.4, 0.5) is 0 Å². The van der Waals surface area contributed by atoms with E-state index in [0.717, 1.165) is 0 Å². The molecule has 3 N–H and O–H groups in total. The lowest BCUT2D eigenvalue weighted by Crippen LogP contribution is -1.73. The Morgan fingerprint density at radius 2 is 0.268 bits per heavy atom. The van der Waals surface area contributed by atoms with Gasteiger partial charge in [0.25, 0.3) is 0 Å². The number of phenols is 3. The van der Waals surface area contributed by atoms with Crippen molar-refractivity contribution in [1.82, 2.24) is 0 Å². The first-order valence-electron chi connectivity index (χ1n) is 27.2. The lowest BCUT2D eigenvalue weighted by molar-refractivity contribution is 0.475. The number of phenolic OH excluding ortho intramolecular Hbond substituents is 3. The molecule has 0 amide bonds. The van der Waals surface area contributed by atoms with Crippen molar-refractivity contribution in [2.24, 2.45) is 0 Å². The van der Waals surface area contributed by atoms with Crippen molar-refractivity contribution < 1.29 is 15.3 Å². The molecule has 3 nitrogen and oxygen atoms in total. The average Bonchev–Trinajstić information content (AvgIpc) is 3.46. The van der Waals surface area contributed by atoms with Crippen LogP contribution in [0.15, 0.2) is 212 Å². The zero-order valence-electron chi connectivity index (χ0n) is 49.9. The van der Waals surface area contributed by atoms with Gasteiger partial charge in [0.2, 0.25) is 0 Å². The minimum atomic E-state index is 0.322. The topological polar surface area (TPSA) is 60.7 Å². The Bertz CT molecular complexity index is 1490. The maximum absolute atomic E-state index is 8.63. The molecule has 71 heavy (non-hydrogen) atoms. The second-order valence-electron chi connectivity index (χ2n) is 12.3. The van der Waals surface area contributed by atoms with Gasteiger partial charge >= 0.3 is 0 Å². The minimum Gasteiger partial charge on any atom is -0.508 e. The maximum Gasteiger partial charge on any atom is 0.115 e. The lowest BCUT2D eigenvalue weighted by atomic mass is 10.1. The normalized spacial score (nSPS) is 7.41. The van der Waals surface area contributed by atoms with Gasteiger partial charge in [-0.2, -0.15) is 0 Å². The largest absolute Gasteiger partial charge is 0.508 e. The van der Waals surface area contributed by atoms with Gasteiger partial charge in [0.1, 0.15) is 17.2 Å². The van der Waals surface area contributed by atoms with Gasteiger partial charge < -0.3 is 15.3 Å². The molecule has 402 valence electrons. The van der Waals surface area contributed by atoms with Crippen LogP contribution in [0.5, 0.6) is 17.2 Å². The monoisotopic (exact) mass is 977 g/mol.